The number of hydrogen-bond acceptors (Lipinski definition) is 4. The van der Waals surface area contributed by atoms with Crippen LogP contribution in [0.5, 0.6) is 0 Å². The molecule has 1 heterocycles. The summed E-state index contributed by atoms with van der Waals surface area (Å²) in [7, 11) is 0. The fourth-order valence-electron chi connectivity index (χ4n) is 1.88. The Bertz CT molecular complexity index is 412. The molecular formula is C11H19N5O. The Hall–Kier alpha value is -1.43. The summed E-state index contributed by atoms with van der Waals surface area (Å²) >= 11 is 0. The molecule has 6 heteroatoms. The first-order chi connectivity index (χ1) is 8.03. The minimum atomic E-state index is -0.157. The first-order valence-corrected chi connectivity index (χ1v) is 5.91. The molecule has 1 amide bonds. The zero-order valence-corrected chi connectivity index (χ0v) is 10.3. The molecule has 1 saturated carbocycles. The largest absolute Gasteiger partial charge is 0.350 e. The molecule has 0 bridgehead atoms. The number of amides is 1. The van der Waals surface area contributed by atoms with Gasteiger partial charge in [0, 0.05) is 13.1 Å². The van der Waals surface area contributed by atoms with E-state index >= 15 is 0 Å². The minimum absolute atomic E-state index is 0.157. The van der Waals surface area contributed by atoms with Crippen molar-refractivity contribution in [2.45, 2.75) is 26.8 Å². The Labute approximate surface area is 101 Å². The van der Waals surface area contributed by atoms with Crippen LogP contribution in [0.25, 0.3) is 0 Å². The highest BCUT2D eigenvalue weighted by atomic mass is 16.2. The Morgan fingerprint density at radius 1 is 1.71 bits per heavy atom. The molecule has 1 aliphatic carbocycles. The zero-order chi connectivity index (χ0) is 12.5. The van der Waals surface area contributed by atoms with Crippen LogP contribution in [-0.2, 0) is 6.54 Å². The normalized spacial score (nSPS) is 21.2. The van der Waals surface area contributed by atoms with Gasteiger partial charge in [-0.2, -0.15) is 0 Å². The first kappa shape index (κ1) is 12.0. The Morgan fingerprint density at radius 3 is 3.00 bits per heavy atom. The van der Waals surface area contributed by atoms with E-state index in [2.05, 4.69) is 29.5 Å². The molecule has 6 nitrogen and oxygen atoms in total. The van der Waals surface area contributed by atoms with Gasteiger partial charge in [0.25, 0.3) is 5.91 Å². The molecule has 1 unspecified atom stereocenters. The molecule has 1 aliphatic rings. The molecule has 94 valence electrons. The Kier molecular flexibility index (Phi) is 3.15. The molecule has 3 N–H and O–H groups in total. The number of aromatic nitrogens is 3. The monoisotopic (exact) mass is 237 g/mol. The minimum Gasteiger partial charge on any atom is -0.350 e. The van der Waals surface area contributed by atoms with Gasteiger partial charge < -0.3 is 11.1 Å². The van der Waals surface area contributed by atoms with Gasteiger partial charge in [-0.15, -0.1) is 5.10 Å². The summed E-state index contributed by atoms with van der Waals surface area (Å²) < 4.78 is 1.58. The van der Waals surface area contributed by atoms with Crippen LogP contribution in [0, 0.1) is 11.3 Å². The lowest BCUT2D eigenvalue weighted by molar-refractivity contribution is 0.0945. The molecule has 2 rings (SSSR count). The molecule has 0 aliphatic heterocycles. The van der Waals surface area contributed by atoms with Crippen LogP contribution >= 0.6 is 0 Å². The van der Waals surface area contributed by atoms with E-state index in [1.54, 1.807) is 10.9 Å². The van der Waals surface area contributed by atoms with Gasteiger partial charge in [-0.3, -0.25) is 9.48 Å². The van der Waals surface area contributed by atoms with E-state index in [0.717, 1.165) is 6.54 Å². The number of nitrogens with one attached hydrogen (secondary N) is 1. The molecule has 1 atom stereocenters. The second kappa shape index (κ2) is 4.44. The van der Waals surface area contributed by atoms with Crippen LogP contribution in [0.3, 0.4) is 0 Å². The standard InChI is InChI=1S/C11H19N5O/c1-11(2)5-8(11)6-13-10(17)9-7-16(4-3-12)15-14-9/h7-8H,3-6,12H2,1-2H3,(H,13,17). The van der Waals surface area contributed by atoms with Gasteiger partial charge in [0.15, 0.2) is 5.69 Å². The van der Waals surface area contributed by atoms with E-state index in [4.69, 9.17) is 5.73 Å². The summed E-state index contributed by atoms with van der Waals surface area (Å²) in [5.74, 6) is 0.432. The molecular weight excluding hydrogens is 218 g/mol. The van der Waals surface area contributed by atoms with Crippen LogP contribution in [0.4, 0.5) is 0 Å². The van der Waals surface area contributed by atoms with E-state index in [1.165, 1.54) is 6.42 Å². The van der Waals surface area contributed by atoms with Crippen molar-refractivity contribution in [2.24, 2.45) is 17.1 Å². The number of carbonyl (C=O) groups excluding carboxylic acids is 1. The highest BCUT2D eigenvalue weighted by Crippen LogP contribution is 2.50. The summed E-state index contributed by atoms with van der Waals surface area (Å²) in [4.78, 5) is 11.7. The van der Waals surface area contributed by atoms with Crippen molar-refractivity contribution in [1.82, 2.24) is 20.3 Å². The van der Waals surface area contributed by atoms with Gasteiger partial charge in [-0.1, -0.05) is 19.1 Å². The molecule has 0 aromatic carbocycles. The second-order valence-corrected chi connectivity index (χ2v) is 5.26. The van der Waals surface area contributed by atoms with Crippen molar-refractivity contribution < 1.29 is 4.79 Å². The number of carbonyl (C=O) groups is 1. The third-order valence-corrected chi connectivity index (χ3v) is 3.36. The van der Waals surface area contributed by atoms with Crippen LogP contribution in [-0.4, -0.2) is 34.0 Å². The van der Waals surface area contributed by atoms with Crippen LogP contribution in [0.1, 0.15) is 30.8 Å². The smallest absolute Gasteiger partial charge is 0.273 e. The average Bonchev–Trinajstić information content (AvgIpc) is 2.70. The van der Waals surface area contributed by atoms with E-state index < -0.39 is 0 Å². The summed E-state index contributed by atoms with van der Waals surface area (Å²) in [6.45, 7) is 6.20. The van der Waals surface area contributed by atoms with Gasteiger partial charge >= 0.3 is 0 Å². The predicted octanol–water partition coefficient (Wildman–Crippen LogP) is 0.0127. The molecule has 0 radical (unpaired) electrons. The fourth-order valence-corrected chi connectivity index (χ4v) is 1.88. The summed E-state index contributed by atoms with van der Waals surface area (Å²) in [5.41, 5.74) is 6.13. The lowest BCUT2D eigenvalue weighted by atomic mass is 10.1. The average molecular weight is 237 g/mol. The third kappa shape index (κ3) is 2.82. The summed E-state index contributed by atoms with van der Waals surface area (Å²) in [5, 5.41) is 10.5. The van der Waals surface area contributed by atoms with Crippen molar-refractivity contribution in [2.75, 3.05) is 13.1 Å². The summed E-state index contributed by atoms with van der Waals surface area (Å²) in [6, 6.07) is 0. The number of hydrogen-bond donors (Lipinski definition) is 2. The van der Waals surface area contributed by atoms with E-state index in [-0.39, 0.29) is 5.91 Å². The number of rotatable bonds is 5. The van der Waals surface area contributed by atoms with E-state index in [0.29, 0.717) is 30.1 Å². The van der Waals surface area contributed by atoms with Crippen molar-refractivity contribution >= 4 is 5.91 Å². The van der Waals surface area contributed by atoms with Crippen molar-refractivity contribution in [3.05, 3.63) is 11.9 Å². The van der Waals surface area contributed by atoms with Gasteiger partial charge in [0.05, 0.1) is 12.7 Å². The van der Waals surface area contributed by atoms with E-state index in [9.17, 15) is 4.79 Å². The van der Waals surface area contributed by atoms with E-state index in [1.807, 2.05) is 0 Å². The molecule has 1 aromatic rings. The molecule has 0 saturated heterocycles. The lowest BCUT2D eigenvalue weighted by Crippen LogP contribution is -2.26. The van der Waals surface area contributed by atoms with Crippen LogP contribution in [0.15, 0.2) is 6.20 Å². The predicted molar refractivity (Wildman–Crippen MR) is 63.3 cm³/mol. The Balaban J connectivity index is 1.82. The SMILES string of the molecule is CC1(C)CC1CNC(=O)c1cn(CCN)nn1. The zero-order valence-electron chi connectivity index (χ0n) is 10.3. The van der Waals surface area contributed by atoms with Crippen molar-refractivity contribution in [3.63, 3.8) is 0 Å². The topological polar surface area (TPSA) is 85.8 Å². The maximum Gasteiger partial charge on any atom is 0.273 e. The van der Waals surface area contributed by atoms with Gasteiger partial charge in [0.2, 0.25) is 0 Å². The molecule has 17 heavy (non-hydrogen) atoms. The summed E-state index contributed by atoms with van der Waals surface area (Å²) in [6.07, 6.45) is 2.80. The quantitative estimate of drug-likeness (QED) is 0.755. The second-order valence-electron chi connectivity index (χ2n) is 5.26. The Morgan fingerprint density at radius 2 is 2.41 bits per heavy atom. The van der Waals surface area contributed by atoms with Crippen molar-refractivity contribution in [1.29, 1.82) is 0 Å². The number of nitrogens with zero attached hydrogens (tertiary/aromatic N) is 3. The molecule has 0 spiro atoms. The third-order valence-electron chi connectivity index (χ3n) is 3.36. The van der Waals surface area contributed by atoms with Gasteiger partial charge in [0.1, 0.15) is 0 Å². The first-order valence-electron chi connectivity index (χ1n) is 5.91. The molecule has 1 fully saturated rings. The highest BCUT2D eigenvalue weighted by Gasteiger charge is 2.45. The van der Waals surface area contributed by atoms with Crippen molar-refractivity contribution in [3.8, 4) is 0 Å². The maximum atomic E-state index is 11.7. The van der Waals surface area contributed by atoms with Gasteiger partial charge in [-0.25, -0.2) is 0 Å². The van der Waals surface area contributed by atoms with Crippen LogP contribution < -0.4 is 11.1 Å². The maximum absolute atomic E-state index is 11.7. The van der Waals surface area contributed by atoms with Gasteiger partial charge in [-0.05, 0) is 17.8 Å². The fraction of sp³-hybridized carbons (Fsp3) is 0.727. The highest BCUT2D eigenvalue weighted by molar-refractivity contribution is 5.91. The lowest BCUT2D eigenvalue weighted by Gasteiger charge is -2.04. The number of nitrogens with two attached hydrogens (primary N) is 1. The van der Waals surface area contributed by atoms with Crippen LogP contribution in [0.2, 0.25) is 0 Å². The molecule has 1 aromatic heterocycles.